The summed E-state index contributed by atoms with van der Waals surface area (Å²) in [6.45, 7) is 16.4. The summed E-state index contributed by atoms with van der Waals surface area (Å²) in [6.07, 6.45) is 7.51. The molecular weight excluding hydrogens is 358 g/mol. The molecule has 0 saturated heterocycles. The molecule has 0 rings (SSSR count). The van der Waals surface area contributed by atoms with E-state index in [2.05, 4.69) is 18.7 Å². The minimum Gasteiger partial charge on any atom is -0.380 e. The Labute approximate surface area is 174 Å². The minimum absolute atomic E-state index is 0.605. The van der Waals surface area contributed by atoms with Crippen LogP contribution in [0.3, 0.4) is 0 Å². The fourth-order valence-electron chi connectivity index (χ4n) is 2.64. The topological polar surface area (TPSA) is 49.4 Å². The first kappa shape index (κ1) is 27.8. The van der Waals surface area contributed by atoms with Crippen LogP contribution in [0, 0.1) is 0 Å². The molecule has 0 fully saturated rings. The van der Waals surface area contributed by atoms with Gasteiger partial charge in [0.2, 0.25) is 0 Å². The molecule has 0 atom stereocenters. The highest BCUT2D eigenvalue weighted by molar-refractivity contribution is 4.58. The normalized spacial score (nSPS) is 11.6. The minimum atomic E-state index is 0.605. The lowest BCUT2D eigenvalue weighted by Crippen LogP contribution is -2.32. The van der Waals surface area contributed by atoms with Crippen LogP contribution in [-0.2, 0) is 23.7 Å². The zero-order valence-electron chi connectivity index (χ0n) is 18.9. The second-order valence-corrected chi connectivity index (χ2v) is 6.90. The maximum atomic E-state index is 5.73. The van der Waals surface area contributed by atoms with E-state index < -0.39 is 0 Å². The number of unbranched alkanes of at least 4 members (excludes halogenated alkanes) is 4. The van der Waals surface area contributed by atoms with E-state index in [1.54, 1.807) is 0 Å². The van der Waals surface area contributed by atoms with Gasteiger partial charge in [0.05, 0.1) is 52.9 Å². The van der Waals surface area contributed by atoms with Crippen molar-refractivity contribution in [1.82, 2.24) is 4.90 Å². The van der Waals surface area contributed by atoms with E-state index in [-0.39, 0.29) is 0 Å². The van der Waals surface area contributed by atoms with E-state index in [4.69, 9.17) is 23.7 Å². The van der Waals surface area contributed by atoms with Gasteiger partial charge >= 0.3 is 0 Å². The number of rotatable bonds is 24. The second kappa shape index (κ2) is 24.8. The van der Waals surface area contributed by atoms with Crippen molar-refractivity contribution in [3.8, 4) is 0 Å². The number of ether oxygens (including phenoxy) is 5. The standard InChI is InChI=1S/C22H47NO5/c1-4-7-9-10-11-23(12-15-25-14-8-5-2)13-16-26-19-20-28-22-21-27-18-17-24-6-3/h4-22H2,1-3H3. The number of hydrogen-bond acceptors (Lipinski definition) is 6. The van der Waals surface area contributed by atoms with Crippen molar-refractivity contribution in [3.05, 3.63) is 0 Å². The first-order chi connectivity index (χ1) is 13.8. The van der Waals surface area contributed by atoms with E-state index in [0.717, 1.165) is 52.5 Å². The van der Waals surface area contributed by atoms with Crippen LogP contribution >= 0.6 is 0 Å². The molecule has 6 nitrogen and oxygen atoms in total. The van der Waals surface area contributed by atoms with Crippen LogP contribution in [0.1, 0.15) is 59.3 Å². The SMILES string of the molecule is CCCCCCN(CCOCCCC)CCOCCOCCOCCOCC. The third kappa shape index (κ3) is 22.1. The van der Waals surface area contributed by atoms with Gasteiger partial charge < -0.3 is 23.7 Å². The molecule has 0 aliphatic heterocycles. The van der Waals surface area contributed by atoms with E-state index in [1.165, 1.54) is 32.1 Å². The average Bonchev–Trinajstić information content (AvgIpc) is 2.71. The van der Waals surface area contributed by atoms with Crippen LogP contribution in [0.15, 0.2) is 0 Å². The van der Waals surface area contributed by atoms with Crippen molar-refractivity contribution >= 4 is 0 Å². The lowest BCUT2D eigenvalue weighted by Gasteiger charge is -2.22. The summed E-state index contributed by atoms with van der Waals surface area (Å²) in [5.74, 6) is 0. The van der Waals surface area contributed by atoms with Crippen LogP contribution in [0.4, 0.5) is 0 Å². The van der Waals surface area contributed by atoms with Crippen molar-refractivity contribution in [2.75, 3.05) is 85.7 Å². The highest BCUT2D eigenvalue weighted by Crippen LogP contribution is 2.02. The quantitative estimate of drug-likeness (QED) is 0.228. The van der Waals surface area contributed by atoms with Crippen LogP contribution in [0.5, 0.6) is 0 Å². The molecule has 0 amide bonds. The Kier molecular flexibility index (Phi) is 24.6. The molecular formula is C22H47NO5. The van der Waals surface area contributed by atoms with Gasteiger partial charge in [-0.15, -0.1) is 0 Å². The lowest BCUT2D eigenvalue weighted by atomic mass is 10.2. The predicted octanol–water partition coefficient (Wildman–Crippen LogP) is 3.77. The molecule has 0 aromatic heterocycles. The zero-order chi connectivity index (χ0) is 20.5. The van der Waals surface area contributed by atoms with Crippen LogP contribution < -0.4 is 0 Å². The molecule has 6 heteroatoms. The van der Waals surface area contributed by atoms with Gasteiger partial charge in [0.1, 0.15) is 0 Å². The Morgan fingerprint density at radius 3 is 1.46 bits per heavy atom. The zero-order valence-corrected chi connectivity index (χ0v) is 18.9. The number of nitrogens with zero attached hydrogens (tertiary/aromatic N) is 1. The van der Waals surface area contributed by atoms with Crippen molar-refractivity contribution in [2.45, 2.75) is 59.3 Å². The Balaban J connectivity index is 3.59. The summed E-state index contributed by atoms with van der Waals surface area (Å²) in [4.78, 5) is 2.47. The highest BCUT2D eigenvalue weighted by Gasteiger charge is 2.05. The Hall–Kier alpha value is -0.240. The predicted molar refractivity (Wildman–Crippen MR) is 115 cm³/mol. The van der Waals surface area contributed by atoms with Gasteiger partial charge in [-0.3, -0.25) is 4.90 Å². The molecule has 0 aromatic carbocycles. The van der Waals surface area contributed by atoms with E-state index in [1.807, 2.05) is 6.92 Å². The van der Waals surface area contributed by atoms with Crippen LogP contribution in [0.2, 0.25) is 0 Å². The monoisotopic (exact) mass is 405 g/mol. The molecule has 0 aliphatic carbocycles. The lowest BCUT2D eigenvalue weighted by molar-refractivity contribution is -0.00354. The molecule has 0 spiro atoms. The van der Waals surface area contributed by atoms with Gasteiger partial charge in [0.15, 0.2) is 0 Å². The van der Waals surface area contributed by atoms with Gasteiger partial charge in [-0.25, -0.2) is 0 Å². The van der Waals surface area contributed by atoms with Crippen molar-refractivity contribution in [2.24, 2.45) is 0 Å². The van der Waals surface area contributed by atoms with Crippen LogP contribution in [-0.4, -0.2) is 90.6 Å². The van der Waals surface area contributed by atoms with E-state index in [9.17, 15) is 0 Å². The molecule has 0 radical (unpaired) electrons. The largest absolute Gasteiger partial charge is 0.380 e. The summed E-state index contributed by atoms with van der Waals surface area (Å²) in [5.41, 5.74) is 0. The van der Waals surface area contributed by atoms with Crippen molar-refractivity contribution < 1.29 is 23.7 Å². The second-order valence-electron chi connectivity index (χ2n) is 6.90. The molecule has 0 N–H and O–H groups in total. The number of hydrogen-bond donors (Lipinski definition) is 0. The summed E-state index contributed by atoms with van der Waals surface area (Å²) < 4.78 is 27.6. The summed E-state index contributed by atoms with van der Waals surface area (Å²) in [7, 11) is 0. The third-order valence-corrected chi connectivity index (χ3v) is 4.39. The van der Waals surface area contributed by atoms with Gasteiger partial charge in [-0.2, -0.15) is 0 Å². The van der Waals surface area contributed by atoms with Crippen LogP contribution in [0.25, 0.3) is 0 Å². The maximum absolute atomic E-state index is 5.73. The summed E-state index contributed by atoms with van der Waals surface area (Å²) in [5, 5.41) is 0. The Morgan fingerprint density at radius 1 is 0.429 bits per heavy atom. The molecule has 0 unspecified atom stereocenters. The molecule has 0 bridgehead atoms. The fraction of sp³-hybridized carbons (Fsp3) is 1.00. The summed E-state index contributed by atoms with van der Waals surface area (Å²) >= 11 is 0. The third-order valence-electron chi connectivity index (χ3n) is 4.39. The van der Waals surface area contributed by atoms with Gasteiger partial charge in [-0.1, -0.05) is 39.5 Å². The Morgan fingerprint density at radius 2 is 0.929 bits per heavy atom. The van der Waals surface area contributed by atoms with Gasteiger partial charge in [-0.05, 0) is 26.3 Å². The molecule has 0 aliphatic rings. The van der Waals surface area contributed by atoms with Gasteiger partial charge in [0, 0.05) is 26.3 Å². The van der Waals surface area contributed by atoms with E-state index in [0.29, 0.717) is 39.6 Å². The summed E-state index contributed by atoms with van der Waals surface area (Å²) in [6, 6.07) is 0. The smallest absolute Gasteiger partial charge is 0.0701 e. The molecule has 0 saturated carbocycles. The van der Waals surface area contributed by atoms with Crippen molar-refractivity contribution in [3.63, 3.8) is 0 Å². The van der Waals surface area contributed by atoms with Gasteiger partial charge in [0.25, 0.3) is 0 Å². The van der Waals surface area contributed by atoms with Crippen molar-refractivity contribution in [1.29, 1.82) is 0 Å². The maximum Gasteiger partial charge on any atom is 0.0701 e. The van der Waals surface area contributed by atoms with E-state index >= 15 is 0 Å². The average molecular weight is 406 g/mol. The first-order valence-electron chi connectivity index (χ1n) is 11.5. The molecule has 0 heterocycles. The highest BCUT2D eigenvalue weighted by atomic mass is 16.6. The Bertz CT molecular complexity index is 282. The molecule has 170 valence electrons. The first-order valence-corrected chi connectivity index (χ1v) is 11.5. The fourth-order valence-corrected chi connectivity index (χ4v) is 2.64. The molecule has 28 heavy (non-hydrogen) atoms. The molecule has 0 aromatic rings.